The van der Waals surface area contributed by atoms with Crippen LogP contribution in [0, 0.1) is 6.92 Å². The molecule has 7 rings (SSSR count). The van der Waals surface area contributed by atoms with Crippen molar-refractivity contribution in [2.75, 3.05) is 23.5 Å². The monoisotopic (exact) mass is 482 g/mol. The molecule has 2 aromatic heterocycles. The minimum atomic E-state index is 0.792. The third-order valence-electron chi connectivity index (χ3n) is 7.08. The average Bonchev–Trinajstić information content (AvgIpc) is 3.43. The molecule has 0 aliphatic carbocycles. The normalized spacial score (nSPS) is 12.9. The van der Waals surface area contributed by atoms with E-state index in [1.54, 1.807) is 0 Å². The molecule has 3 heterocycles. The van der Waals surface area contributed by atoms with Crippen LogP contribution in [0.25, 0.3) is 27.6 Å². The zero-order valence-electron chi connectivity index (χ0n) is 20.8. The topological polar surface area (TPSA) is 33.5 Å². The molecule has 0 atom stereocenters. The molecular weight excluding hydrogens is 456 g/mol. The molecule has 0 fully saturated rings. The van der Waals surface area contributed by atoms with E-state index in [-0.39, 0.29) is 0 Å². The largest absolute Gasteiger partial charge is 0.457 e. The Morgan fingerprint density at radius 1 is 0.703 bits per heavy atom. The number of nitrogens with zero attached hydrogens (tertiary/aromatic N) is 4. The van der Waals surface area contributed by atoms with Gasteiger partial charge >= 0.3 is 0 Å². The van der Waals surface area contributed by atoms with Gasteiger partial charge in [0.05, 0.1) is 29.1 Å². The van der Waals surface area contributed by atoms with Crippen LogP contribution in [0.2, 0.25) is 0 Å². The van der Waals surface area contributed by atoms with Crippen LogP contribution < -0.4 is 14.5 Å². The second kappa shape index (κ2) is 8.42. The van der Waals surface area contributed by atoms with Crippen LogP contribution in [0.1, 0.15) is 5.56 Å². The molecule has 0 saturated carbocycles. The van der Waals surface area contributed by atoms with Gasteiger partial charge in [0.2, 0.25) is 0 Å². The summed E-state index contributed by atoms with van der Waals surface area (Å²) in [6.45, 7) is 2.90. The number of hydrogen-bond donors (Lipinski definition) is 0. The van der Waals surface area contributed by atoms with Gasteiger partial charge in [0, 0.05) is 41.8 Å². The minimum absolute atomic E-state index is 0.792. The van der Waals surface area contributed by atoms with E-state index in [1.165, 1.54) is 27.7 Å². The quantitative estimate of drug-likeness (QED) is 0.256. The first-order valence-corrected chi connectivity index (χ1v) is 12.5. The van der Waals surface area contributed by atoms with Gasteiger partial charge in [-0.3, -0.25) is 4.57 Å². The van der Waals surface area contributed by atoms with Gasteiger partial charge in [-0.1, -0.05) is 36.4 Å². The molecule has 1 aliphatic rings. The molecule has 0 bridgehead atoms. The lowest BCUT2D eigenvalue weighted by molar-refractivity contribution is 0.483. The summed E-state index contributed by atoms with van der Waals surface area (Å²) >= 11 is 0. The third-order valence-corrected chi connectivity index (χ3v) is 7.08. The molecule has 0 spiro atoms. The molecule has 0 unspecified atom stereocenters. The summed E-state index contributed by atoms with van der Waals surface area (Å²) < 4.78 is 8.66. The van der Waals surface area contributed by atoms with Crippen LogP contribution in [0.3, 0.4) is 0 Å². The molecule has 0 N–H and O–H groups in total. The van der Waals surface area contributed by atoms with E-state index in [0.29, 0.717) is 0 Å². The van der Waals surface area contributed by atoms with Crippen molar-refractivity contribution in [3.8, 4) is 17.3 Å². The summed E-state index contributed by atoms with van der Waals surface area (Å²) in [5.41, 5.74) is 6.92. The Hall–Kier alpha value is -4.77. The first kappa shape index (κ1) is 21.5. The van der Waals surface area contributed by atoms with Crippen LogP contribution in [0.4, 0.5) is 17.1 Å². The highest BCUT2D eigenvalue weighted by Crippen LogP contribution is 2.41. The molecule has 5 heteroatoms. The Labute approximate surface area is 215 Å². The highest BCUT2D eigenvalue weighted by Gasteiger charge is 2.24. The highest BCUT2D eigenvalue weighted by molar-refractivity contribution is 6.09. The fourth-order valence-electron chi connectivity index (χ4n) is 5.35. The highest BCUT2D eigenvalue weighted by atomic mass is 16.5. The number of fused-ring (bicyclic) bond motifs is 4. The first-order chi connectivity index (χ1) is 18.2. The molecule has 180 valence electrons. The lowest BCUT2D eigenvalue weighted by atomic mass is 10.1. The maximum absolute atomic E-state index is 6.44. The van der Waals surface area contributed by atoms with Crippen molar-refractivity contribution < 1.29 is 4.74 Å². The Kier molecular flexibility index (Phi) is 4.89. The van der Waals surface area contributed by atoms with E-state index < -0.39 is 0 Å². The van der Waals surface area contributed by atoms with Crippen LogP contribution >= 0.6 is 0 Å². The third kappa shape index (κ3) is 3.59. The fourth-order valence-corrected chi connectivity index (χ4v) is 5.35. The predicted molar refractivity (Wildman–Crippen MR) is 152 cm³/mol. The number of ether oxygens (including phenoxy) is 1. The number of aromatic nitrogens is 2. The minimum Gasteiger partial charge on any atom is -0.457 e. The van der Waals surface area contributed by atoms with Crippen molar-refractivity contribution >= 4 is 38.9 Å². The van der Waals surface area contributed by atoms with Gasteiger partial charge in [0.1, 0.15) is 17.3 Å². The number of anilines is 3. The smallest absolute Gasteiger partial charge is 0.137 e. The number of benzene rings is 4. The molecular formula is C32H26N4O. The molecule has 0 amide bonds. The van der Waals surface area contributed by atoms with Crippen molar-refractivity contribution in [2.24, 2.45) is 0 Å². The molecule has 6 aromatic rings. The number of aryl methyl sites for hydroxylation is 1. The molecule has 4 aromatic carbocycles. The summed E-state index contributed by atoms with van der Waals surface area (Å²) in [4.78, 5) is 9.26. The van der Waals surface area contributed by atoms with Crippen molar-refractivity contribution in [3.63, 3.8) is 0 Å². The van der Waals surface area contributed by atoms with Crippen LogP contribution in [-0.4, -0.2) is 23.3 Å². The van der Waals surface area contributed by atoms with Gasteiger partial charge in [-0.15, -0.1) is 0 Å². The van der Waals surface area contributed by atoms with Crippen LogP contribution in [-0.2, 0) is 0 Å². The number of hydrogen-bond acceptors (Lipinski definition) is 4. The number of para-hydroxylation sites is 3. The van der Waals surface area contributed by atoms with Crippen LogP contribution in [0.15, 0.2) is 109 Å². The number of pyridine rings is 1. The summed E-state index contributed by atoms with van der Waals surface area (Å²) in [6.07, 6.45) is 1.87. The van der Waals surface area contributed by atoms with Crippen molar-refractivity contribution in [3.05, 3.63) is 115 Å². The van der Waals surface area contributed by atoms with Crippen molar-refractivity contribution in [1.82, 2.24) is 9.55 Å². The van der Waals surface area contributed by atoms with E-state index in [0.717, 1.165) is 40.7 Å². The number of rotatable bonds is 4. The Balaban J connectivity index is 1.29. The first-order valence-electron chi connectivity index (χ1n) is 12.5. The van der Waals surface area contributed by atoms with Gasteiger partial charge in [0.15, 0.2) is 0 Å². The summed E-state index contributed by atoms with van der Waals surface area (Å²) in [7, 11) is 2.12. The van der Waals surface area contributed by atoms with E-state index in [4.69, 9.17) is 4.74 Å². The lowest BCUT2D eigenvalue weighted by Gasteiger charge is -2.20. The standard InChI is InChI=1S/C32H26N4O/c1-22-16-17-33-32(18-22)36-28-11-4-3-10-26(28)27-15-14-25(20-31(27)36)37-24-9-7-8-23(19-24)35-21-34(2)29-12-5-6-13-30(29)35/h3-20H,21H2,1-2H3. The van der Waals surface area contributed by atoms with Gasteiger partial charge in [-0.2, -0.15) is 0 Å². The Morgan fingerprint density at radius 2 is 1.49 bits per heavy atom. The van der Waals surface area contributed by atoms with E-state index in [9.17, 15) is 0 Å². The second-order valence-corrected chi connectivity index (χ2v) is 9.58. The zero-order chi connectivity index (χ0) is 24.9. The van der Waals surface area contributed by atoms with Crippen molar-refractivity contribution in [2.45, 2.75) is 6.92 Å². The van der Waals surface area contributed by atoms with E-state index in [1.807, 2.05) is 24.4 Å². The fraction of sp³-hybridized carbons (Fsp3) is 0.0938. The van der Waals surface area contributed by atoms with Gasteiger partial charge < -0.3 is 14.5 Å². The molecule has 37 heavy (non-hydrogen) atoms. The molecule has 5 nitrogen and oxygen atoms in total. The summed E-state index contributed by atoms with van der Waals surface area (Å²) in [5.74, 6) is 2.50. The zero-order valence-corrected chi connectivity index (χ0v) is 20.8. The molecule has 1 aliphatic heterocycles. The molecule has 0 saturated heterocycles. The van der Waals surface area contributed by atoms with Gasteiger partial charge in [-0.05, 0) is 67.1 Å². The maximum atomic E-state index is 6.44. The molecule has 0 radical (unpaired) electrons. The van der Waals surface area contributed by atoms with Crippen LogP contribution in [0.5, 0.6) is 11.5 Å². The summed E-state index contributed by atoms with van der Waals surface area (Å²) in [5, 5.41) is 2.38. The van der Waals surface area contributed by atoms with E-state index in [2.05, 4.69) is 118 Å². The Bertz CT molecular complexity index is 1790. The predicted octanol–water partition coefficient (Wildman–Crippen LogP) is 7.82. The average molecular weight is 483 g/mol. The second-order valence-electron chi connectivity index (χ2n) is 9.58. The maximum Gasteiger partial charge on any atom is 0.137 e. The van der Waals surface area contributed by atoms with Crippen molar-refractivity contribution in [1.29, 1.82) is 0 Å². The lowest BCUT2D eigenvalue weighted by Crippen LogP contribution is -2.23. The Morgan fingerprint density at radius 3 is 2.38 bits per heavy atom. The SMILES string of the molecule is Cc1ccnc(-n2c3ccccc3c3ccc(Oc4cccc(N5CN(C)c6ccccc65)c4)cc32)c1. The van der Waals surface area contributed by atoms with E-state index >= 15 is 0 Å². The summed E-state index contributed by atoms with van der Waals surface area (Å²) in [6, 6.07) is 35.7. The van der Waals surface area contributed by atoms with Gasteiger partial charge in [-0.25, -0.2) is 4.98 Å². The van der Waals surface area contributed by atoms with Gasteiger partial charge in [0.25, 0.3) is 0 Å².